The molecule has 3 aromatic carbocycles. The molecule has 0 spiro atoms. The van der Waals surface area contributed by atoms with Gasteiger partial charge in [-0.25, -0.2) is 0 Å². The number of benzene rings is 3. The molecule has 0 aliphatic rings. The molecular weight excluding hydrogens is 488 g/mol. The monoisotopic (exact) mass is 510 g/mol. The van der Waals surface area contributed by atoms with Crippen LogP contribution in [0.25, 0.3) is 6.08 Å². The van der Waals surface area contributed by atoms with Crippen LogP contribution in [0.1, 0.15) is 23.6 Å². The van der Waals surface area contributed by atoms with Gasteiger partial charge in [0.2, 0.25) is 0 Å². The van der Waals surface area contributed by atoms with Crippen LogP contribution in [-0.4, -0.2) is 20.9 Å². The Morgan fingerprint density at radius 3 is 2.40 bits per heavy atom. The summed E-state index contributed by atoms with van der Waals surface area (Å²) < 4.78 is 36.2. The molecule has 3 rings (SSSR count). The van der Waals surface area contributed by atoms with Gasteiger partial charge in [-0.05, 0) is 80.4 Å². The van der Waals surface area contributed by atoms with Gasteiger partial charge >= 0.3 is 10.1 Å². The summed E-state index contributed by atoms with van der Waals surface area (Å²) in [7, 11) is -4.14. The molecule has 0 atom stereocenters. The van der Waals surface area contributed by atoms with E-state index in [2.05, 4.69) is 5.32 Å². The number of anilines is 1. The Morgan fingerprint density at radius 2 is 1.77 bits per heavy atom. The number of nitrogens with zero attached hydrogens (tertiary/aromatic N) is 1. The maximum atomic E-state index is 12.7. The van der Waals surface area contributed by atoms with Crippen LogP contribution < -0.4 is 14.2 Å². The van der Waals surface area contributed by atoms with Crippen LogP contribution in [0.15, 0.2) is 71.1 Å². The van der Waals surface area contributed by atoms with Gasteiger partial charge in [0, 0.05) is 10.7 Å². The number of halogens is 1. The molecule has 3 aromatic rings. The van der Waals surface area contributed by atoms with E-state index in [0.29, 0.717) is 16.3 Å². The van der Waals surface area contributed by atoms with Gasteiger partial charge in [0.25, 0.3) is 5.91 Å². The second-order valence-corrected chi connectivity index (χ2v) is 9.56. The molecular formula is C26H23ClN2O5S. The predicted molar refractivity (Wildman–Crippen MR) is 135 cm³/mol. The zero-order chi connectivity index (χ0) is 25.6. The lowest BCUT2D eigenvalue weighted by molar-refractivity contribution is -0.112. The largest absolute Gasteiger partial charge is 0.490 e. The van der Waals surface area contributed by atoms with Crippen molar-refractivity contribution in [2.24, 2.45) is 0 Å². The lowest BCUT2D eigenvalue weighted by atomic mass is 10.1. The van der Waals surface area contributed by atoms with Crippen LogP contribution in [0.3, 0.4) is 0 Å². The molecule has 35 heavy (non-hydrogen) atoms. The van der Waals surface area contributed by atoms with Crippen molar-refractivity contribution in [2.75, 3.05) is 11.9 Å². The zero-order valence-corrected chi connectivity index (χ0v) is 20.9. The molecule has 0 saturated heterocycles. The second kappa shape index (κ2) is 11.1. The fraction of sp³-hybridized carbons (Fsp3) is 0.154. The summed E-state index contributed by atoms with van der Waals surface area (Å²) in [6.07, 6.45) is 1.39. The third-order valence-electron chi connectivity index (χ3n) is 4.88. The first-order valence-electron chi connectivity index (χ1n) is 10.6. The smallest absolute Gasteiger partial charge is 0.339 e. The summed E-state index contributed by atoms with van der Waals surface area (Å²) in [5.41, 5.74) is 2.86. The third kappa shape index (κ3) is 6.63. The average Bonchev–Trinajstić information content (AvgIpc) is 2.81. The highest BCUT2D eigenvalue weighted by molar-refractivity contribution is 7.87. The molecule has 0 saturated carbocycles. The molecule has 7 nitrogen and oxygen atoms in total. The number of nitriles is 1. The van der Waals surface area contributed by atoms with E-state index in [1.807, 2.05) is 32.0 Å². The molecule has 0 unspecified atom stereocenters. The van der Waals surface area contributed by atoms with E-state index in [1.54, 1.807) is 13.0 Å². The molecule has 0 aliphatic carbocycles. The van der Waals surface area contributed by atoms with Gasteiger partial charge in [-0.1, -0.05) is 35.4 Å². The minimum Gasteiger partial charge on any atom is -0.490 e. The molecule has 0 bridgehead atoms. The van der Waals surface area contributed by atoms with Crippen molar-refractivity contribution in [1.29, 1.82) is 5.26 Å². The Kier molecular flexibility index (Phi) is 8.18. The Balaban J connectivity index is 1.88. The Hall–Kier alpha value is -3.80. The number of ether oxygens (including phenoxy) is 1. The zero-order valence-electron chi connectivity index (χ0n) is 19.3. The second-order valence-electron chi connectivity index (χ2n) is 7.57. The number of carbonyl (C=O) groups excluding carboxylic acids is 1. The van der Waals surface area contributed by atoms with Crippen LogP contribution in [0.2, 0.25) is 5.02 Å². The molecule has 0 aliphatic heterocycles. The lowest BCUT2D eigenvalue weighted by Gasteiger charge is -2.13. The minimum absolute atomic E-state index is 0.0304. The summed E-state index contributed by atoms with van der Waals surface area (Å²) in [5, 5.41) is 12.7. The van der Waals surface area contributed by atoms with Crippen LogP contribution in [0.5, 0.6) is 11.5 Å². The number of aryl methyl sites for hydroxylation is 2. The van der Waals surface area contributed by atoms with E-state index in [1.165, 1.54) is 48.5 Å². The van der Waals surface area contributed by atoms with Crippen molar-refractivity contribution in [3.63, 3.8) is 0 Å². The Morgan fingerprint density at radius 1 is 1.06 bits per heavy atom. The van der Waals surface area contributed by atoms with Gasteiger partial charge in [0.05, 0.1) is 6.61 Å². The van der Waals surface area contributed by atoms with Crippen molar-refractivity contribution in [3.05, 3.63) is 87.9 Å². The molecule has 0 radical (unpaired) electrons. The van der Waals surface area contributed by atoms with Gasteiger partial charge in [0.1, 0.15) is 16.5 Å². The normalized spacial score (nSPS) is 11.5. The van der Waals surface area contributed by atoms with Crippen molar-refractivity contribution in [3.8, 4) is 17.6 Å². The number of hydrogen-bond donors (Lipinski definition) is 1. The van der Waals surface area contributed by atoms with E-state index in [0.717, 1.165) is 11.1 Å². The highest BCUT2D eigenvalue weighted by Gasteiger charge is 2.20. The predicted octanol–water partition coefficient (Wildman–Crippen LogP) is 5.67. The molecule has 0 fully saturated rings. The molecule has 9 heteroatoms. The van der Waals surface area contributed by atoms with Gasteiger partial charge in [0.15, 0.2) is 11.5 Å². The topological polar surface area (TPSA) is 105 Å². The van der Waals surface area contributed by atoms with Crippen molar-refractivity contribution < 1.29 is 22.1 Å². The van der Waals surface area contributed by atoms with Crippen LogP contribution >= 0.6 is 11.6 Å². The summed E-state index contributed by atoms with van der Waals surface area (Å²) in [6, 6.07) is 17.5. The van der Waals surface area contributed by atoms with Crippen LogP contribution in [0, 0.1) is 25.2 Å². The SMILES string of the molecule is CCOc1cc(/C=C(\C#N)C(=O)Nc2ccc(C)cc2C)ccc1OS(=O)(=O)c1ccc(Cl)cc1. The first kappa shape index (κ1) is 25.8. The fourth-order valence-corrected chi connectivity index (χ4v) is 4.24. The minimum atomic E-state index is -4.14. The summed E-state index contributed by atoms with van der Waals surface area (Å²) in [5.74, 6) is -0.453. The van der Waals surface area contributed by atoms with Gasteiger partial charge in [-0.3, -0.25) is 4.79 Å². The molecule has 1 amide bonds. The maximum Gasteiger partial charge on any atom is 0.339 e. The lowest BCUT2D eigenvalue weighted by Crippen LogP contribution is -2.14. The van der Waals surface area contributed by atoms with Crippen molar-refractivity contribution in [1.82, 2.24) is 0 Å². The maximum absolute atomic E-state index is 12.7. The quantitative estimate of drug-likeness (QED) is 0.238. The third-order valence-corrected chi connectivity index (χ3v) is 6.38. The number of hydrogen-bond acceptors (Lipinski definition) is 6. The van der Waals surface area contributed by atoms with E-state index < -0.39 is 16.0 Å². The molecule has 180 valence electrons. The summed E-state index contributed by atoms with van der Waals surface area (Å²) >= 11 is 5.83. The number of carbonyl (C=O) groups is 1. The highest BCUT2D eigenvalue weighted by atomic mass is 35.5. The van der Waals surface area contributed by atoms with Crippen molar-refractivity contribution >= 4 is 39.4 Å². The van der Waals surface area contributed by atoms with Crippen molar-refractivity contribution in [2.45, 2.75) is 25.7 Å². The van der Waals surface area contributed by atoms with E-state index in [4.69, 9.17) is 20.5 Å². The first-order valence-corrected chi connectivity index (χ1v) is 12.4. The summed E-state index contributed by atoms with van der Waals surface area (Å²) in [4.78, 5) is 12.6. The van der Waals surface area contributed by atoms with Gasteiger partial charge in [-0.15, -0.1) is 0 Å². The Bertz CT molecular complexity index is 1430. The average molecular weight is 511 g/mol. The van der Waals surface area contributed by atoms with Crippen LogP contribution in [-0.2, 0) is 14.9 Å². The standard InChI is InChI=1S/C26H23ClN2O5S/c1-4-33-25-15-19(6-12-24(25)34-35(31,32)22-9-7-21(27)8-10-22)14-20(16-28)26(30)29-23-11-5-17(2)13-18(23)3/h5-15H,4H2,1-3H3,(H,29,30)/b20-14+. The van der Waals surface area contributed by atoms with Gasteiger partial charge in [-0.2, -0.15) is 13.7 Å². The van der Waals surface area contributed by atoms with Crippen LogP contribution in [0.4, 0.5) is 5.69 Å². The fourth-order valence-electron chi connectivity index (χ4n) is 3.18. The molecule has 0 heterocycles. The van der Waals surface area contributed by atoms with Gasteiger partial charge < -0.3 is 14.2 Å². The molecule has 0 aromatic heterocycles. The summed E-state index contributed by atoms with van der Waals surface area (Å²) in [6.45, 7) is 5.79. The first-order chi connectivity index (χ1) is 16.6. The number of amides is 1. The number of rotatable bonds is 8. The highest BCUT2D eigenvalue weighted by Crippen LogP contribution is 2.32. The van der Waals surface area contributed by atoms with E-state index in [-0.39, 0.29) is 28.6 Å². The molecule has 1 N–H and O–H groups in total. The number of nitrogens with one attached hydrogen (secondary N) is 1. The van der Waals surface area contributed by atoms with E-state index in [9.17, 15) is 18.5 Å². The van der Waals surface area contributed by atoms with E-state index >= 15 is 0 Å². The Labute approximate surface area is 209 Å².